The van der Waals surface area contributed by atoms with Crippen molar-refractivity contribution in [2.75, 3.05) is 6.61 Å². The lowest BCUT2D eigenvalue weighted by Gasteiger charge is -2.12. The van der Waals surface area contributed by atoms with Crippen molar-refractivity contribution in [3.63, 3.8) is 0 Å². The first-order chi connectivity index (χ1) is 9.26. The molecule has 3 rings (SSSR count). The summed E-state index contributed by atoms with van der Waals surface area (Å²) in [5.41, 5.74) is 1.18. The molecule has 1 aliphatic rings. The molecule has 1 unspecified atom stereocenters. The Balaban J connectivity index is 1.87. The topological polar surface area (TPSA) is 71.0 Å². The Morgan fingerprint density at radius 1 is 1.32 bits per heavy atom. The summed E-state index contributed by atoms with van der Waals surface area (Å²) in [6.07, 6.45) is 1.07. The van der Waals surface area contributed by atoms with Gasteiger partial charge < -0.3 is 14.8 Å². The maximum absolute atomic E-state index is 9.73. The summed E-state index contributed by atoms with van der Waals surface area (Å²) in [5.74, 6) is 1.19. The molecule has 0 radical (unpaired) electrons. The van der Waals surface area contributed by atoms with Crippen molar-refractivity contribution in [3.05, 3.63) is 47.5 Å². The van der Waals surface area contributed by atoms with Crippen molar-refractivity contribution in [1.82, 2.24) is 15.2 Å². The van der Waals surface area contributed by atoms with Gasteiger partial charge >= 0.3 is 0 Å². The number of H-pyrrole nitrogens is 1. The second-order valence-corrected chi connectivity index (χ2v) is 4.81. The minimum atomic E-state index is -1.03. The predicted molar refractivity (Wildman–Crippen MR) is 69.4 cm³/mol. The Hall–Kier alpha value is -1.72. The van der Waals surface area contributed by atoms with Crippen LogP contribution in [0.5, 0.6) is 0 Å². The Bertz CT molecular complexity index is 549. The zero-order valence-electron chi connectivity index (χ0n) is 10.8. The second-order valence-electron chi connectivity index (χ2n) is 4.81. The van der Waals surface area contributed by atoms with Gasteiger partial charge in [0.25, 0.3) is 0 Å². The van der Waals surface area contributed by atoms with E-state index in [9.17, 15) is 5.11 Å². The molecule has 1 saturated carbocycles. The molecule has 1 aromatic heterocycles. The molecule has 2 N–H and O–H groups in total. The van der Waals surface area contributed by atoms with Gasteiger partial charge in [0.05, 0.1) is 5.41 Å². The van der Waals surface area contributed by atoms with Gasteiger partial charge in [0.15, 0.2) is 5.82 Å². The van der Waals surface area contributed by atoms with Crippen molar-refractivity contribution in [1.29, 1.82) is 0 Å². The molecule has 5 heteroatoms. The third-order valence-corrected chi connectivity index (χ3v) is 3.59. The van der Waals surface area contributed by atoms with Crippen LogP contribution in [0.3, 0.4) is 0 Å². The van der Waals surface area contributed by atoms with Crippen molar-refractivity contribution < 1.29 is 9.84 Å². The average Bonchev–Trinajstić information content (AvgIpc) is 3.10. The van der Waals surface area contributed by atoms with Crippen LogP contribution in [0.4, 0.5) is 0 Å². The van der Waals surface area contributed by atoms with Gasteiger partial charge in [-0.1, -0.05) is 30.3 Å². The molecule has 5 nitrogen and oxygen atoms in total. The summed E-state index contributed by atoms with van der Waals surface area (Å²) in [5, 5.41) is 17.9. The largest absolute Gasteiger partial charge is 0.362 e. The number of aromatic amines is 1. The third-order valence-electron chi connectivity index (χ3n) is 3.59. The van der Waals surface area contributed by atoms with E-state index in [0.717, 1.165) is 18.7 Å². The number of ether oxygens (including phenoxy) is 1. The molecule has 100 valence electrons. The molecule has 1 aromatic carbocycles. The van der Waals surface area contributed by atoms with Crippen molar-refractivity contribution in [2.45, 2.75) is 31.5 Å². The SMILES string of the molecule is CCOC(O)c1nnc(C2(c3ccccc3)CC2)[nH]1. The molecule has 1 fully saturated rings. The van der Waals surface area contributed by atoms with Crippen LogP contribution in [-0.2, 0) is 10.2 Å². The molecule has 0 spiro atoms. The van der Waals surface area contributed by atoms with E-state index in [4.69, 9.17) is 4.74 Å². The van der Waals surface area contributed by atoms with Gasteiger partial charge in [-0.25, -0.2) is 0 Å². The highest BCUT2D eigenvalue weighted by atomic mass is 16.6. The Morgan fingerprint density at radius 2 is 2.05 bits per heavy atom. The first kappa shape index (κ1) is 12.3. The zero-order chi connectivity index (χ0) is 13.3. The van der Waals surface area contributed by atoms with E-state index >= 15 is 0 Å². The van der Waals surface area contributed by atoms with E-state index in [0.29, 0.717) is 12.4 Å². The van der Waals surface area contributed by atoms with Crippen LogP contribution in [0, 0.1) is 0 Å². The van der Waals surface area contributed by atoms with E-state index in [-0.39, 0.29) is 5.41 Å². The lowest BCUT2D eigenvalue weighted by Crippen LogP contribution is -2.11. The van der Waals surface area contributed by atoms with E-state index in [2.05, 4.69) is 27.3 Å². The Morgan fingerprint density at radius 3 is 2.68 bits per heavy atom. The van der Waals surface area contributed by atoms with Crippen LogP contribution in [-0.4, -0.2) is 26.9 Å². The van der Waals surface area contributed by atoms with Crippen LogP contribution >= 0.6 is 0 Å². The highest BCUT2D eigenvalue weighted by molar-refractivity contribution is 5.38. The normalized spacial score (nSPS) is 18.2. The summed E-state index contributed by atoms with van der Waals surface area (Å²) < 4.78 is 5.10. The summed E-state index contributed by atoms with van der Waals surface area (Å²) in [6, 6.07) is 10.3. The highest BCUT2D eigenvalue weighted by Gasteiger charge is 2.49. The number of aliphatic hydroxyl groups is 1. The standard InChI is InChI=1S/C14H17N3O2/c1-2-19-12(18)11-15-13(17-16-11)14(8-9-14)10-6-4-3-5-7-10/h3-7,12,18H,2,8-9H2,1H3,(H,15,16,17). The van der Waals surface area contributed by atoms with Crippen LogP contribution in [0.25, 0.3) is 0 Å². The number of benzene rings is 1. The molecule has 2 aromatic rings. The molecule has 0 aliphatic heterocycles. The van der Waals surface area contributed by atoms with Crippen LogP contribution < -0.4 is 0 Å². The van der Waals surface area contributed by atoms with Crippen molar-refractivity contribution in [3.8, 4) is 0 Å². The average molecular weight is 259 g/mol. The summed E-state index contributed by atoms with van der Waals surface area (Å²) in [7, 11) is 0. The summed E-state index contributed by atoms with van der Waals surface area (Å²) >= 11 is 0. The lowest BCUT2D eigenvalue weighted by atomic mass is 9.95. The smallest absolute Gasteiger partial charge is 0.216 e. The first-order valence-corrected chi connectivity index (χ1v) is 6.54. The molecular weight excluding hydrogens is 242 g/mol. The van der Waals surface area contributed by atoms with Crippen LogP contribution in [0.15, 0.2) is 30.3 Å². The van der Waals surface area contributed by atoms with Gasteiger partial charge in [0.2, 0.25) is 6.29 Å². The zero-order valence-corrected chi connectivity index (χ0v) is 10.8. The predicted octanol–water partition coefficient (Wildman–Crippen LogP) is 1.91. The fourth-order valence-electron chi connectivity index (χ4n) is 2.38. The van der Waals surface area contributed by atoms with Crippen molar-refractivity contribution >= 4 is 0 Å². The number of hydrogen-bond donors (Lipinski definition) is 2. The van der Waals surface area contributed by atoms with E-state index in [1.807, 2.05) is 25.1 Å². The third kappa shape index (κ3) is 2.15. The van der Waals surface area contributed by atoms with Crippen molar-refractivity contribution in [2.24, 2.45) is 0 Å². The minimum absolute atomic E-state index is 0.0571. The van der Waals surface area contributed by atoms with Gasteiger partial charge in [0, 0.05) is 6.61 Å². The summed E-state index contributed by atoms with van der Waals surface area (Å²) in [6.45, 7) is 2.26. The Labute approximate surface area is 111 Å². The van der Waals surface area contributed by atoms with Crippen LogP contribution in [0.1, 0.15) is 43.3 Å². The second kappa shape index (κ2) is 4.75. The summed E-state index contributed by atoms with van der Waals surface area (Å²) in [4.78, 5) is 3.10. The van der Waals surface area contributed by atoms with E-state index in [1.54, 1.807) is 0 Å². The van der Waals surface area contributed by atoms with E-state index < -0.39 is 6.29 Å². The molecule has 0 amide bonds. The molecule has 1 heterocycles. The number of rotatable bonds is 5. The number of aliphatic hydroxyl groups excluding tert-OH is 1. The monoisotopic (exact) mass is 259 g/mol. The number of nitrogens with zero attached hydrogens (tertiary/aromatic N) is 2. The molecule has 1 atom stereocenters. The number of hydrogen-bond acceptors (Lipinski definition) is 4. The highest BCUT2D eigenvalue weighted by Crippen LogP contribution is 2.52. The fraction of sp³-hybridized carbons (Fsp3) is 0.429. The molecule has 0 saturated heterocycles. The maximum atomic E-state index is 9.73. The Kier molecular flexibility index (Phi) is 3.08. The van der Waals surface area contributed by atoms with Gasteiger partial charge in [-0.3, -0.25) is 0 Å². The first-order valence-electron chi connectivity index (χ1n) is 6.54. The molecule has 19 heavy (non-hydrogen) atoms. The van der Waals surface area contributed by atoms with Crippen LogP contribution in [0.2, 0.25) is 0 Å². The van der Waals surface area contributed by atoms with Gasteiger partial charge in [-0.15, -0.1) is 10.2 Å². The van der Waals surface area contributed by atoms with Gasteiger partial charge in [0.1, 0.15) is 5.82 Å². The molecular formula is C14H17N3O2. The fourth-order valence-corrected chi connectivity index (χ4v) is 2.38. The quantitative estimate of drug-likeness (QED) is 0.805. The lowest BCUT2D eigenvalue weighted by molar-refractivity contribution is -0.103. The molecule has 1 aliphatic carbocycles. The van der Waals surface area contributed by atoms with Gasteiger partial charge in [-0.2, -0.15) is 0 Å². The van der Waals surface area contributed by atoms with E-state index in [1.165, 1.54) is 5.56 Å². The number of aromatic nitrogens is 3. The maximum Gasteiger partial charge on any atom is 0.216 e. The van der Waals surface area contributed by atoms with Gasteiger partial charge in [-0.05, 0) is 25.3 Å². The number of nitrogens with one attached hydrogen (secondary N) is 1. The minimum Gasteiger partial charge on any atom is -0.362 e. The molecule has 0 bridgehead atoms.